The number of aromatic nitrogens is 3. The number of hydrogen-bond acceptors (Lipinski definition) is 6. The van der Waals surface area contributed by atoms with E-state index in [1.165, 1.54) is 4.90 Å². The molecule has 2 amide bonds. The molecule has 0 radical (unpaired) electrons. The van der Waals surface area contributed by atoms with Crippen LogP contribution in [-0.4, -0.2) is 39.9 Å². The fourth-order valence-corrected chi connectivity index (χ4v) is 3.92. The van der Waals surface area contributed by atoms with Crippen molar-refractivity contribution in [3.05, 3.63) is 71.8 Å². The summed E-state index contributed by atoms with van der Waals surface area (Å²) in [6, 6.07) is 9.14. The fraction of sp³-hybridized carbons (Fsp3) is 0.286. The Kier molecular flexibility index (Phi) is 4.12. The van der Waals surface area contributed by atoms with Crippen LogP contribution in [-0.2, 0) is 11.2 Å². The van der Waals surface area contributed by atoms with Gasteiger partial charge in [0.2, 0.25) is 0 Å². The summed E-state index contributed by atoms with van der Waals surface area (Å²) in [6.45, 7) is 0. The largest absolute Gasteiger partial charge is 0.437 e. The highest BCUT2D eigenvalue weighted by atomic mass is 16.4. The van der Waals surface area contributed by atoms with Crippen LogP contribution >= 0.6 is 0 Å². The number of carbonyl (C=O) groups excluding carboxylic acids is 2. The predicted octanol–water partition coefficient (Wildman–Crippen LogP) is 1.93. The van der Waals surface area contributed by atoms with Gasteiger partial charge in [-0.3, -0.25) is 19.5 Å². The van der Waals surface area contributed by atoms with Crippen LogP contribution in [0.25, 0.3) is 0 Å². The number of carbonyl (C=O) groups is 2. The number of fused-ring (bicyclic) bond motifs is 3. The van der Waals surface area contributed by atoms with Crippen molar-refractivity contribution in [1.82, 2.24) is 20.3 Å². The Morgan fingerprint density at radius 2 is 2.00 bits per heavy atom. The maximum Gasteiger partial charge on any atom is 0.307 e. The van der Waals surface area contributed by atoms with Crippen molar-refractivity contribution in [3.63, 3.8) is 0 Å². The fourth-order valence-electron chi connectivity index (χ4n) is 3.92. The van der Waals surface area contributed by atoms with Gasteiger partial charge in [-0.2, -0.15) is 0 Å². The molecule has 1 saturated carbocycles. The Labute approximate surface area is 167 Å². The monoisotopic (exact) mass is 389 g/mol. The Balaban J connectivity index is 1.32. The number of oxazole rings is 1. The van der Waals surface area contributed by atoms with Crippen molar-refractivity contribution in [2.75, 3.05) is 11.9 Å². The smallest absolute Gasteiger partial charge is 0.307 e. The molecule has 1 fully saturated rings. The zero-order chi connectivity index (χ0) is 20.0. The normalized spacial score (nSPS) is 22.4. The third-order valence-electron chi connectivity index (χ3n) is 5.50. The maximum absolute atomic E-state index is 13.0. The van der Waals surface area contributed by atoms with Crippen LogP contribution < -0.4 is 10.2 Å². The number of anilines is 1. The van der Waals surface area contributed by atoms with E-state index >= 15 is 0 Å². The number of benzene rings is 1. The third-order valence-corrected chi connectivity index (χ3v) is 5.50. The molecule has 0 bridgehead atoms. The first kappa shape index (κ1) is 17.5. The standard InChI is InChI=1S/C21H19N5O3/c1-26-18-16(22-7-8-23-18)14-10-15(14)17(21(26)28)25-19(27)20-24-11-13(29-20)9-12-5-3-2-4-6-12/h2-8,11,14-15,17H,9-10H2,1H3,(H,25,27). The van der Waals surface area contributed by atoms with Crippen molar-refractivity contribution < 1.29 is 14.0 Å². The number of likely N-dealkylation sites (N-methyl/N-ethyl adjacent to an activating group) is 1. The molecule has 1 N–H and O–H groups in total. The minimum atomic E-state index is -0.655. The molecule has 1 aliphatic heterocycles. The van der Waals surface area contributed by atoms with Gasteiger partial charge in [0.25, 0.3) is 11.8 Å². The number of rotatable bonds is 4. The molecule has 8 nitrogen and oxygen atoms in total. The van der Waals surface area contributed by atoms with Crippen LogP contribution in [0.2, 0.25) is 0 Å². The van der Waals surface area contributed by atoms with E-state index in [9.17, 15) is 9.59 Å². The summed E-state index contributed by atoms with van der Waals surface area (Å²) in [5.41, 5.74) is 1.88. The van der Waals surface area contributed by atoms with Gasteiger partial charge >= 0.3 is 5.91 Å². The highest BCUT2D eigenvalue weighted by molar-refractivity contribution is 6.02. The molecule has 0 spiro atoms. The molecular formula is C21H19N5O3. The minimum absolute atomic E-state index is 0.00519. The summed E-state index contributed by atoms with van der Waals surface area (Å²) in [5, 5.41) is 2.82. The highest BCUT2D eigenvalue weighted by Crippen LogP contribution is 2.53. The highest BCUT2D eigenvalue weighted by Gasteiger charge is 2.53. The lowest BCUT2D eigenvalue weighted by atomic mass is 10.1. The van der Waals surface area contributed by atoms with Gasteiger partial charge in [0.15, 0.2) is 5.82 Å². The molecule has 3 unspecified atom stereocenters. The minimum Gasteiger partial charge on any atom is -0.437 e. The lowest BCUT2D eigenvalue weighted by Gasteiger charge is -2.22. The Morgan fingerprint density at radius 1 is 1.21 bits per heavy atom. The van der Waals surface area contributed by atoms with Crippen molar-refractivity contribution in [2.24, 2.45) is 5.92 Å². The van der Waals surface area contributed by atoms with Gasteiger partial charge in [-0.25, -0.2) is 9.97 Å². The molecule has 3 atom stereocenters. The SMILES string of the molecule is CN1C(=O)C(NC(=O)c2ncc(Cc3ccccc3)o2)C2CC2c2nccnc21. The maximum atomic E-state index is 13.0. The van der Waals surface area contributed by atoms with Crippen LogP contribution in [0.5, 0.6) is 0 Å². The van der Waals surface area contributed by atoms with E-state index in [0.717, 1.165) is 17.7 Å². The molecule has 2 aromatic heterocycles. The van der Waals surface area contributed by atoms with Gasteiger partial charge in [0, 0.05) is 31.8 Å². The molecule has 146 valence electrons. The molecule has 3 aromatic rings. The first-order valence-corrected chi connectivity index (χ1v) is 9.50. The molecule has 29 heavy (non-hydrogen) atoms. The lowest BCUT2D eigenvalue weighted by molar-refractivity contribution is -0.120. The second-order valence-electron chi connectivity index (χ2n) is 7.41. The van der Waals surface area contributed by atoms with E-state index in [1.54, 1.807) is 25.6 Å². The molecule has 3 heterocycles. The molecule has 5 rings (SSSR count). The average molecular weight is 389 g/mol. The van der Waals surface area contributed by atoms with Crippen molar-refractivity contribution in [2.45, 2.75) is 24.8 Å². The lowest BCUT2D eigenvalue weighted by Crippen LogP contribution is -2.48. The van der Waals surface area contributed by atoms with Gasteiger partial charge in [-0.15, -0.1) is 0 Å². The Morgan fingerprint density at radius 3 is 2.83 bits per heavy atom. The van der Waals surface area contributed by atoms with Gasteiger partial charge in [-0.05, 0) is 17.9 Å². The number of nitrogens with zero attached hydrogens (tertiary/aromatic N) is 4. The molecule has 1 aromatic carbocycles. The molecule has 1 aliphatic carbocycles. The van der Waals surface area contributed by atoms with E-state index in [-0.39, 0.29) is 23.6 Å². The number of nitrogens with one attached hydrogen (secondary N) is 1. The summed E-state index contributed by atoms with van der Waals surface area (Å²) >= 11 is 0. The van der Waals surface area contributed by atoms with Gasteiger partial charge < -0.3 is 9.73 Å². The second-order valence-corrected chi connectivity index (χ2v) is 7.41. The molecule has 0 saturated heterocycles. The van der Waals surface area contributed by atoms with Crippen LogP contribution in [0.15, 0.2) is 53.3 Å². The number of amides is 2. The van der Waals surface area contributed by atoms with E-state index in [2.05, 4.69) is 20.3 Å². The van der Waals surface area contributed by atoms with E-state index < -0.39 is 11.9 Å². The van der Waals surface area contributed by atoms with Gasteiger partial charge in [0.1, 0.15) is 11.8 Å². The topological polar surface area (TPSA) is 101 Å². The van der Waals surface area contributed by atoms with Gasteiger partial charge in [-0.1, -0.05) is 30.3 Å². The summed E-state index contributed by atoms with van der Waals surface area (Å²) in [6.07, 6.45) is 6.09. The van der Waals surface area contributed by atoms with Gasteiger partial charge in [0.05, 0.1) is 11.9 Å². The molecule has 2 aliphatic rings. The average Bonchev–Trinajstić information content (AvgIpc) is 3.41. The first-order chi connectivity index (χ1) is 14.1. The molecule has 8 heteroatoms. The predicted molar refractivity (Wildman–Crippen MR) is 103 cm³/mol. The van der Waals surface area contributed by atoms with E-state index in [4.69, 9.17) is 4.42 Å². The Hall–Kier alpha value is -3.55. The van der Waals surface area contributed by atoms with Crippen LogP contribution in [0.1, 0.15) is 40.0 Å². The van der Waals surface area contributed by atoms with Crippen molar-refractivity contribution >= 4 is 17.6 Å². The summed E-state index contributed by atoms with van der Waals surface area (Å²) in [4.78, 5) is 39.9. The second kappa shape index (κ2) is 6.80. The third kappa shape index (κ3) is 3.16. The zero-order valence-electron chi connectivity index (χ0n) is 15.8. The van der Waals surface area contributed by atoms with Crippen molar-refractivity contribution in [3.8, 4) is 0 Å². The summed E-state index contributed by atoms with van der Waals surface area (Å²) in [5.74, 6) is 0.539. The van der Waals surface area contributed by atoms with E-state index in [0.29, 0.717) is 18.0 Å². The van der Waals surface area contributed by atoms with Crippen molar-refractivity contribution in [1.29, 1.82) is 0 Å². The quantitative estimate of drug-likeness (QED) is 0.732. The summed E-state index contributed by atoms with van der Waals surface area (Å²) < 4.78 is 5.62. The summed E-state index contributed by atoms with van der Waals surface area (Å²) in [7, 11) is 1.66. The first-order valence-electron chi connectivity index (χ1n) is 9.50. The van der Waals surface area contributed by atoms with Crippen LogP contribution in [0.3, 0.4) is 0 Å². The number of hydrogen-bond donors (Lipinski definition) is 1. The van der Waals surface area contributed by atoms with Crippen LogP contribution in [0.4, 0.5) is 5.82 Å². The Bertz CT molecular complexity index is 1080. The van der Waals surface area contributed by atoms with Crippen LogP contribution in [0, 0.1) is 5.92 Å². The molecular weight excluding hydrogens is 370 g/mol. The van der Waals surface area contributed by atoms with E-state index in [1.807, 2.05) is 30.3 Å². The zero-order valence-corrected chi connectivity index (χ0v) is 15.8.